The van der Waals surface area contributed by atoms with Gasteiger partial charge < -0.3 is 20.5 Å². The van der Waals surface area contributed by atoms with Gasteiger partial charge in [-0.25, -0.2) is 4.79 Å². The predicted octanol–water partition coefficient (Wildman–Crippen LogP) is 3.20. The zero-order valence-corrected chi connectivity index (χ0v) is 14.2. The molecule has 3 N–H and O–H groups in total. The first-order valence-electron chi connectivity index (χ1n) is 8.60. The summed E-state index contributed by atoms with van der Waals surface area (Å²) in [6, 6.07) is 18.1. The van der Waals surface area contributed by atoms with E-state index in [0.29, 0.717) is 26.2 Å². The largest absolute Gasteiger partial charge is 0.465 e. The lowest BCUT2D eigenvalue weighted by atomic mass is 9.87. The van der Waals surface area contributed by atoms with Gasteiger partial charge in [0.1, 0.15) is 0 Å². The second kappa shape index (κ2) is 8.14. The maximum atomic E-state index is 11.4. The molecule has 0 aromatic heterocycles. The summed E-state index contributed by atoms with van der Waals surface area (Å²) in [5.41, 5.74) is 9.12. The summed E-state index contributed by atoms with van der Waals surface area (Å²) >= 11 is 0. The summed E-state index contributed by atoms with van der Waals surface area (Å²) in [5, 5.41) is 9.33. The van der Waals surface area contributed by atoms with Gasteiger partial charge in [0.25, 0.3) is 0 Å². The Morgan fingerprint density at radius 1 is 1.12 bits per heavy atom. The van der Waals surface area contributed by atoms with E-state index in [2.05, 4.69) is 12.1 Å². The molecule has 3 rings (SSSR count). The maximum Gasteiger partial charge on any atom is 0.407 e. The first-order valence-corrected chi connectivity index (χ1v) is 8.60. The highest BCUT2D eigenvalue weighted by molar-refractivity contribution is 5.65. The third-order valence-corrected chi connectivity index (χ3v) is 4.85. The van der Waals surface area contributed by atoms with Crippen molar-refractivity contribution in [3.8, 4) is 0 Å². The van der Waals surface area contributed by atoms with Crippen LogP contribution in [-0.2, 0) is 17.9 Å². The van der Waals surface area contributed by atoms with Crippen molar-refractivity contribution in [3.05, 3.63) is 71.3 Å². The lowest BCUT2D eigenvalue weighted by molar-refractivity contribution is -0.0201. The number of piperidine rings is 1. The van der Waals surface area contributed by atoms with Crippen molar-refractivity contribution < 1.29 is 14.6 Å². The van der Waals surface area contributed by atoms with Crippen molar-refractivity contribution in [2.45, 2.75) is 31.6 Å². The van der Waals surface area contributed by atoms with Gasteiger partial charge in [-0.3, -0.25) is 0 Å². The van der Waals surface area contributed by atoms with E-state index in [4.69, 9.17) is 10.5 Å². The first kappa shape index (κ1) is 17.5. The molecule has 5 nitrogen and oxygen atoms in total. The van der Waals surface area contributed by atoms with Gasteiger partial charge in [0.15, 0.2) is 0 Å². The van der Waals surface area contributed by atoms with Crippen LogP contribution < -0.4 is 5.73 Å². The average Bonchev–Trinajstić information content (AvgIpc) is 2.67. The molecule has 132 valence electrons. The van der Waals surface area contributed by atoms with Gasteiger partial charge in [0, 0.05) is 19.0 Å². The van der Waals surface area contributed by atoms with E-state index >= 15 is 0 Å². The molecular formula is C20H24N2O3. The topological polar surface area (TPSA) is 75.8 Å². The summed E-state index contributed by atoms with van der Waals surface area (Å²) in [6.07, 6.45) is -0.292. The summed E-state index contributed by atoms with van der Waals surface area (Å²) in [6.45, 7) is 1.83. The second-order valence-corrected chi connectivity index (χ2v) is 6.36. The molecule has 1 fully saturated rings. The Hall–Kier alpha value is -2.37. The van der Waals surface area contributed by atoms with E-state index in [1.165, 1.54) is 10.5 Å². The first-order chi connectivity index (χ1) is 12.2. The van der Waals surface area contributed by atoms with Crippen molar-refractivity contribution in [3.63, 3.8) is 0 Å². The lowest BCUT2D eigenvalue weighted by Crippen LogP contribution is -2.46. The van der Waals surface area contributed by atoms with Crippen LogP contribution in [0.1, 0.15) is 29.0 Å². The van der Waals surface area contributed by atoms with Crippen LogP contribution in [0.3, 0.4) is 0 Å². The minimum atomic E-state index is -0.887. The third kappa shape index (κ3) is 4.18. The molecule has 1 heterocycles. The van der Waals surface area contributed by atoms with Gasteiger partial charge in [0.05, 0.1) is 19.3 Å². The van der Waals surface area contributed by atoms with Gasteiger partial charge in [-0.05, 0) is 23.1 Å². The molecule has 0 bridgehead atoms. The molecule has 2 atom stereocenters. The molecule has 2 aromatic rings. The number of amides is 1. The molecule has 25 heavy (non-hydrogen) atoms. The number of nitrogens with two attached hydrogens (primary N) is 1. The lowest BCUT2D eigenvalue weighted by Gasteiger charge is -2.37. The van der Waals surface area contributed by atoms with Crippen LogP contribution >= 0.6 is 0 Å². The minimum Gasteiger partial charge on any atom is -0.465 e. The normalized spacial score (nSPS) is 20.4. The molecule has 0 spiro atoms. The zero-order valence-electron chi connectivity index (χ0n) is 14.2. The Bertz CT molecular complexity index is 705. The van der Waals surface area contributed by atoms with Crippen LogP contribution in [-0.4, -0.2) is 35.3 Å². The smallest absolute Gasteiger partial charge is 0.407 e. The van der Waals surface area contributed by atoms with E-state index in [-0.39, 0.29) is 12.0 Å². The van der Waals surface area contributed by atoms with Gasteiger partial charge >= 0.3 is 6.09 Å². The van der Waals surface area contributed by atoms with Gasteiger partial charge in [-0.1, -0.05) is 54.6 Å². The number of rotatable bonds is 5. The molecule has 0 radical (unpaired) electrons. The molecule has 1 amide bonds. The molecule has 1 aliphatic rings. The van der Waals surface area contributed by atoms with E-state index in [0.717, 1.165) is 17.5 Å². The maximum absolute atomic E-state index is 11.4. The van der Waals surface area contributed by atoms with Crippen LogP contribution in [0.2, 0.25) is 0 Å². The quantitative estimate of drug-likeness (QED) is 0.876. The Balaban J connectivity index is 1.76. The van der Waals surface area contributed by atoms with E-state index < -0.39 is 6.09 Å². The van der Waals surface area contributed by atoms with E-state index in [1.54, 1.807) is 0 Å². The fourth-order valence-electron chi connectivity index (χ4n) is 3.43. The van der Waals surface area contributed by atoms with Crippen molar-refractivity contribution >= 4 is 6.09 Å². The standard InChI is InChI=1S/C20H24N2O3/c21-12-16-8-4-5-9-17(16)14-25-19-13-22(20(23)24)11-10-18(19)15-6-2-1-3-7-15/h1-9,18-19H,10-14,21H2,(H,23,24). The van der Waals surface area contributed by atoms with Crippen LogP contribution in [0.4, 0.5) is 4.79 Å². The van der Waals surface area contributed by atoms with Crippen molar-refractivity contribution in [1.82, 2.24) is 4.90 Å². The van der Waals surface area contributed by atoms with Crippen molar-refractivity contribution in [1.29, 1.82) is 0 Å². The number of carboxylic acid groups (broad SMARTS) is 1. The Labute approximate surface area is 148 Å². The van der Waals surface area contributed by atoms with Crippen molar-refractivity contribution in [2.75, 3.05) is 13.1 Å². The molecule has 5 heteroatoms. The van der Waals surface area contributed by atoms with E-state index in [9.17, 15) is 9.90 Å². The fraction of sp³-hybridized carbons (Fsp3) is 0.350. The number of hydrogen-bond acceptors (Lipinski definition) is 3. The molecule has 0 aliphatic carbocycles. The number of likely N-dealkylation sites (tertiary alicyclic amines) is 1. The summed E-state index contributed by atoms with van der Waals surface area (Å²) in [7, 11) is 0. The predicted molar refractivity (Wildman–Crippen MR) is 96.3 cm³/mol. The number of ether oxygens (including phenoxy) is 1. The van der Waals surface area contributed by atoms with Crippen molar-refractivity contribution in [2.24, 2.45) is 5.73 Å². The molecule has 2 unspecified atom stereocenters. The number of benzene rings is 2. The molecular weight excluding hydrogens is 316 g/mol. The van der Waals surface area contributed by atoms with Crippen LogP contribution in [0.25, 0.3) is 0 Å². The third-order valence-electron chi connectivity index (χ3n) is 4.85. The highest BCUT2D eigenvalue weighted by atomic mass is 16.5. The average molecular weight is 340 g/mol. The molecule has 2 aromatic carbocycles. The Morgan fingerprint density at radius 3 is 2.48 bits per heavy atom. The van der Waals surface area contributed by atoms with Crippen LogP contribution in [0.5, 0.6) is 0 Å². The number of carbonyl (C=O) groups is 1. The zero-order chi connectivity index (χ0) is 17.6. The molecule has 0 saturated carbocycles. The van der Waals surface area contributed by atoms with Gasteiger partial charge in [0.2, 0.25) is 0 Å². The molecule has 1 saturated heterocycles. The Kier molecular flexibility index (Phi) is 5.68. The molecule has 1 aliphatic heterocycles. The summed E-state index contributed by atoms with van der Waals surface area (Å²) in [5.74, 6) is 0.196. The fourth-order valence-corrected chi connectivity index (χ4v) is 3.43. The highest BCUT2D eigenvalue weighted by Gasteiger charge is 2.33. The summed E-state index contributed by atoms with van der Waals surface area (Å²) < 4.78 is 6.20. The van der Waals surface area contributed by atoms with Gasteiger partial charge in [-0.15, -0.1) is 0 Å². The van der Waals surface area contributed by atoms with Crippen LogP contribution in [0, 0.1) is 0 Å². The van der Waals surface area contributed by atoms with Crippen LogP contribution in [0.15, 0.2) is 54.6 Å². The summed E-state index contributed by atoms with van der Waals surface area (Å²) in [4.78, 5) is 12.8. The highest BCUT2D eigenvalue weighted by Crippen LogP contribution is 2.31. The number of hydrogen-bond donors (Lipinski definition) is 2. The minimum absolute atomic E-state index is 0.168. The van der Waals surface area contributed by atoms with Gasteiger partial charge in [-0.2, -0.15) is 0 Å². The number of nitrogens with zero attached hydrogens (tertiary/aromatic N) is 1. The van der Waals surface area contributed by atoms with E-state index in [1.807, 2.05) is 42.5 Å². The second-order valence-electron chi connectivity index (χ2n) is 6.36. The SMILES string of the molecule is NCc1ccccc1COC1CN(C(=O)O)CCC1c1ccccc1. The monoisotopic (exact) mass is 340 g/mol. The Morgan fingerprint density at radius 2 is 1.80 bits per heavy atom.